The van der Waals surface area contributed by atoms with E-state index in [-0.39, 0.29) is 17.6 Å². The molecule has 1 heterocycles. The number of carbonyl (C=O) groups excluding carboxylic acids is 1. The standard InChI is InChI=1S/C12H11ClN6OS/c1-19-11(15)17-18-12(19)21-6-10(20)16-8-3-2-7(5-14)9(13)4-8/h2-4H,6H2,1H3,(H2,15,17)(H,16,20). The van der Waals surface area contributed by atoms with E-state index in [9.17, 15) is 4.79 Å². The molecule has 1 aromatic carbocycles. The van der Waals surface area contributed by atoms with Crippen molar-refractivity contribution in [2.24, 2.45) is 7.05 Å². The third-order valence-electron chi connectivity index (χ3n) is 2.57. The van der Waals surface area contributed by atoms with E-state index in [2.05, 4.69) is 15.5 Å². The highest BCUT2D eigenvalue weighted by atomic mass is 35.5. The highest BCUT2D eigenvalue weighted by Gasteiger charge is 2.10. The number of hydrogen-bond donors (Lipinski definition) is 2. The molecular formula is C12H11ClN6OS. The van der Waals surface area contributed by atoms with Crippen LogP contribution in [0.2, 0.25) is 5.02 Å². The van der Waals surface area contributed by atoms with Crippen LogP contribution in [-0.4, -0.2) is 26.4 Å². The van der Waals surface area contributed by atoms with Crippen LogP contribution in [0.4, 0.5) is 11.6 Å². The van der Waals surface area contributed by atoms with Gasteiger partial charge in [0, 0.05) is 12.7 Å². The molecule has 0 saturated heterocycles. The fourth-order valence-corrected chi connectivity index (χ4v) is 2.40. The first-order valence-electron chi connectivity index (χ1n) is 5.78. The van der Waals surface area contributed by atoms with Crippen LogP contribution in [0.5, 0.6) is 0 Å². The van der Waals surface area contributed by atoms with Gasteiger partial charge in [-0.25, -0.2) is 0 Å². The van der Waals surface area contributed by atoms with Crippen molar-refractivity contribution in [1.29, 1.82) is 5.26 Å². The summed E-state index contributed by atoms with van der Waals surface area (Å²) in [5.41, 5.74) is 6.44. The fraction of sp³-hybridized carbons (Fsp3) is 0.167. The minimum atomic E-state index is -0.220. The predicted octanol–water partition coefficient (Wildman–Crippen LogP) is 1.65. The Labute approximate surface area is 130 Å². The largest absolute Gasteiger partial charge is 0.368 e. The van der Waals surface area contributed by atoms with Gasteiger partial charge in [0.1, 0.15) is 6.07 Å². The van der Waals surface area contributed by atoms with Gasteiger partial charge in [-0.15, -0.1) is 10.2 Å². The van der Waals surface area contributed by atoms with Crippen molar-refractivity contribution in [3.8, 4) is 6.07 Å². The Morgan fingerprint density at radius 3 is 2.90 bits per heavy atom. The zero-order valence-electron chi connectivity index (χ0n) is 11.0. The van der Waals surface area contributed by atoms with Crippen LogP contribution in [0.3, 0.4) is 0 Å². The van der Waals surface area contributed by atoms with Crippen molar-refractivity contribution in [1.82, 2.24) is 14.8 Å². The number of amides is 1. The van der Waals surface area contributed by atoms with Gasteiger partial charge >= 0.3 is 0 Å². The third-order valence-corrected chi connectivity index (χ3v) is 3.91. The number of nitriles is 1. The average Bonchev–Trinajstić information content (AvgIpc) is 2.77. The molecule has 2 rings (SSSR count). The van der Waals surface area contributed by atoms with Gasteiger partial charge in [-0.2, -0.15) is 5.26 Å². The van der Waals surface area contributed by atoms with E-state index in [1.165, 1.54) is 17.8 Å². The first kappa shape index (κ1) is 15.2. The molecule has 21 heavy (non-hydrogen) atoms. The Balaban J connectivity index is 1.95. The Morgan fingerprint density at radius 2 is 2.33 bits per heavy atom. The van der Waals surface area contributed by atoms with Gasteiger partial charge in [0.25, 0.3) is 0 Å². The van der Waals surface area contributed by atoms with Gasteiger partial charge in [0.05, 0.1) is 16.3 Å². The van der Waals surface area contributed by atoms with E-state index in [1.807, 2.05) is 6.07 Å². The Hall–Kier alpha value is -2.24. The van der Waals surface area contributed by atoms with Gasteiger partial charge < -0.3 is 11.1 Å². The molecule has 0 spiro atoms. The molecule has 2 aromatic rings. The molecule has 0 atom stereocenters. The van der Waals surface area contributed by atoms with Crippen LogP contribution in [0.15, 0.2) is 23.4 Å². The summed E-state index contributed by atoms with van der Waals surface area (Å²) >= 11 is 7.11. The number of thioether (sulfide) groups is 1. The quantitative estimate of drug-likeness (QED) is 0.828. The molecule has 1 aromatic heterocycles. The summed E-state index contributed by atoms with van der Waals surface area (Å²) in [5, 5.41) is 19.9. The molecular weight excluding hydrogens is 312 g/mol. The van der Waals surface area contributed by atoms with Crippen LogP contribution in [0.25, 0.3) is 0 Å². The summed E-state index contributed by atoms with van der Waals surface area (Å²) < 4.78 is 1.59. The maximum atomic E-state index is 11.8. The second-order valence-corrected chi connectivity index (χ2v) is 5.39. The SMILES string of the molecule is Cn1c(N)nnc1SCC(=O)Nc1ccc(C#N)c(Cl)c1. The number of nitrogens with one attached hydrogen (secondary N) is 1. The summed E-state index contributed by atoms with van der Waals surface area (Å²) in [6, 6.07) is 6.65. The third kappa shape index (κ3) is 3.65. The van der Waals surface area contributed by atoms with Crippen LogP contribution >= 0.6 is 23.4 Å². The lowest BCUT2D eigenvalue weighted by Gasteiger charge is -2.06. The van der Waals surface area contributed by atoms with Crippen LogP contribution < -0.4 is 11.1 Å². The lowest BCUT2D eigenvalue weighted by atomic mass is 10.2. The lowest BCUT2D eigenvalue weighted by Crippen LogP contribution is -2.14. The number of carbonyl (C=O) groups is 1. The topological polar surface area (TPSA) is 110 Å². The maximum absolute atomic E-state index is 11.8. The normalized spacial score (nSPS) is 10.1. The molecule has 0 aliphatic rings. The molecule has 0 aliphatic carbocycles. The van der Waals surface area contributed by atoms with E-state index in [1.54, 1.807) is 23.7 Å². The van der Waals surface area contributed by atoms with Crippen molar-refractivity contribution in [2.45, 2.75) is 5.16 Å². The number of nitrogens with zero attached hydrogens (tertiary/aromatic N) is 4. The van der Waals surface area contributed by atoms with Crippen molar-refractivity contribution in [2.75, 3.05) is 16.8 Å². The summed E-state index contributed by atoms with van der Waals surface area (Å²) in [7, 11) is 1.72. The number of nitrogen functional groups attached to an aromatic ring is 1. The summed E-state index contributed by atoms with van der Waals surface area (Å²) in [5.74, 6) is 0.225. The van der Waals surface area contributed by atoms with E-state index in [4.69, 9.17) is 22.6 Å². The van der Waals surface area contributed by atoms with Crippen LogP contribution in [0.1, 0.15) is 5.56 Å². The molecule has 1 amide bonds. The highest BCUT2D eigenvalue weighted by Crippen LogP contribution is 2.21. The van der Waals surface area contributed by atoms with Gasteiger partial charge in [-0.05, 0) is 18.2 Å². The Bertz CT molecular complexity index is 723. The average molecular weight is 323 g/mol. The minimum Gasteiger partial charge on any atom is -0.368 e. The van der Waals surface area contributed by atoms with Crippen molar-refractivity contribution in [3.05, 3.63) is 28.8 Å². The molecule has 0 aliphatic heterocycles. The number of benzene rings is 1. The number of anilines is 2. The van der Waals surface area contributed by atoms with Gasteiger partial charge in [0.15, 0.2) is 5.16 Å². The molecule has 0 fully saturated rings. The van der Waals surface area contributed by atoms with E-state index < -0.39 is 0 Å². The summed E-state index contributed by atoms with van der Waals surface area (Å²) in [4.78, 5) is 11.8. The molecule has 0 unspecified atom stereocenters. The lowest BCUT2D eigenvalue weighted by molar-refractivity contribution is -0.113. The number of aromatic nitrogens is 3. The zero-order valence-corrected chi connectivity index (χ0v) is 12.6. The first-order chi connectivity index (χ1) is 10.0. The second-order valence-electron chi connectivity index (χ2n) is 4.04. The fourth-order valence-electron chi connectivity index (χ4n) is 1.46. The van der Waals surface area contributed by atoms with Gasteiger partial charge in [0.2, 0.25) is 11.9 Å². The van der Waals surface area contributed by atoms with Gasteiger partial charge in [-0.3, -0.25) is 9.36 Å². The molecule has 7 nitrogen and oxygen atoms in total. The monoisotopic (exact) mass is 322 g/mol. The summed E-state index contributed by atoms with van der Waals surface area (Å²) in [6.07, 6.45) is 0. The van der Waals surface area contributed by atoms with E-state index in [0.29, 0.717) is 21.4 Å². The van der Waals surface area contributed by atoms with Crippen molar-refractivity contribution >= 4 is 40.9 Å². The van der Waals surface area contributed by atoms with Gasteiger partial charge in [-0.1, -0.05) is 23.4 Å². The summed E-state index contributed by atoms with van der Waals surface area (Å²) in [6.45, 7) is 0. The predicted molar refractivity (Wildman–Crippen MR) is 80.9 cm³/mol. The van der Waals surface area contributed by atoms with Crippen LogP contribution in [0, 0.1) is 11.3 Å². The molecule has 108 valence electrons. The second kappa shape index (κ2) is 6.47. The number of nitrogens with two attached hydrogens (primary N) is 1. The highest BCUT2D eigenvalue weighted by molar-refractivity contribution is 7.99. The van der Waals surface area contributed by atoms with E-state index in [0.717, 1.165) is 0 Å². The smallest absolute Gasteiger partial charge is 0.234 e. The first-order valence-corrected chi connectivity index (χ1v) is 7.14. The Morgan fingerprint density at radius 1 is 1.57 bits per heavy atom. The van der Waals surface area contributed by atoms with Crippen LogP contribution in [-0.2, 0) is 11.8 Å². The molecule has 0 saturated carbocycles. The maximum Gasteiger partial charge on any atom is 0.234 e. The number of rotatable bonds is 4. The molecule has 9 heteroatoms. The van der Waals surface area contributed by atoms with E-state index >= 15 is 0 Å². The Kier molecular flexibility index (Phi) is 4.67. The number of halogens is 1. The minimum absolute atomic E-state index is 0.156. The molecule has 0 radical (unpaired) electrons. The number of hydrogen-bond acceptors (Lipinski definition) is 6. The molecule has 0 bridgehead atoms. The zero-order chi connectivity index (χ0) is 15.4. The van der Waals surface area contributed by atoms with Crippen molar-refractivity contribution in [3.63, 3.8) is 0 Å². The van der Waals surface area contributed by atoms with Crippen molar-refractivity contribution < 1.29 is 4.79 Å². The molecule has 3 N–H and O–H groups in total.